The van der Waals surface area contributed by atoms with Crippen LogP contribution in [0.2, 0.25) is 0 Å². The number of nitrogens with zero attached hydrogens (tertiary/aromatic N) is 2. The number of imidazole rings is 1. The first kappa shape index (κ1) is 14.3. The van der Waals surface area contributed by atoms with Crippen molar-refractivity contribution >= 4 is 33.5 Å². The third-order valence-electron chi connectivity index (χ3n) is 3.13. The molecule has 0 saturated carbocycles. The molecule has 0 atom stereocenters. The molecule has 1 aromatic carbocycles. The Morgan fingerprint density at radius 1 is 1.27 bits per heavy atom. The number of pyridine rings is 1. The Kier molecular flexibility index (Phi) is 3.93. The zero-order chi connectivity index (χ0) is 15.5. The quantitative estimate of drug-likeness (QED) is 0.590. The summed E-state index contributed by atoms with van der Waals surface area (Å²) in [6.45, 7) is 4.03. The molecule has 2 aromatic heterocycles. The third-order valence-corrected chi connectivity index (χ3v) is 4.15. The predicted molar refractivity (Wildman–Crippen MR) is 86.6 cm³/mol. The molecule has 0 radical (unpaired) electrons. The van der Waals surface area contributed by atoms with Crippen LogP contribution in [0.1, 0.15) is 16.2 Å². The van der Waals surface area contributed by atoms with Crippen molar-refractivity contribution in [2.75, 3.05) is 7.11 Å². The van der Waals surface area contributed by atoms with E-state index in [1.54, 1.807) is 24.7 Å². The number of H-pyrrole nitrogens is 1. The van der Waals surface area contributed by atoms with Crippen molar-refractivity contribution in [3.05, 3.63) is 60.8 Å². The predicted octanol–water partition coefficient (Wildman–Crippen LogP) is 3.51. The van der Waals surface area contributed by atoms with Gasteiger partial charge in [0.1, 0.15) is 5.82 Å². The van der Waals surface area contributed by atoms with E-state index in [-0.39, 0.29) is 0 Å². The number of aromatic amines is 1. The minimum atomic E-state index is -0.398. The van der Waals surface area contributed by atoms with E-state index in [0.29, 0.717) is 11.1 Å². The Balaban J connectivity index is 2.04. The van der Waals surface area contributed by atoms with Gasteiger partial charge in [0.05, 0.1) is 18.2 Å². The largest absolute Gasteiger partial charge is 0.465 e. The van der Waals surface area contributed by atoms with Crippen LogP contribution in [0.15, 0.2) is 54.3 Å². The molecule has 2 heterocycles. The van der Waals surface area contributed by atoms with Crippen molar-refractivity contribution in [1.29, 1.82) is 0 Å². The molecular weight excluding hydrogens is 298 g/mol. The minimum Gasteiger partial charge on any atom is -0.465 e. The number of hydrogen-bond acceptors (Lipinski definition) is 5. The molecule has 3 rings (SSSR count). The number of rotatable bonds is 4. The van der Waals surface area contributed by atoms with Crippen LogP contribution in [-0.4, -0.2) is 28.0 Å². The molecule has 0 aliphatic rings. The summed E-state index contributed by atoms with van der Waals surface area (Å²) < 4.78 is 4.81. The number of esters is 1. The van der Waals surface area contributed by atoms with Gasteiger partial charge in [0.15, 0.2) is 0 Å². The van der Waals surface area contributed by atoms with Gasteiger partial charge in [-0.1, -0.05) is 30.5 Å². The van der Waals surface area contributed by atoms with E-state index >= 15 is 0 Å². The number of para-hydroxylation sites is 1. The summed E-state index contributed by atoms with van der Waals surface area (Å²) in [4.78, 5) is 25.1. The lowest BCUT2D eigenvalue weighted by Crippen LogP contribution is -2.03. The molecule has 0 amide bonds. The van der Waals surface area contributed by atoms with Crippen LogP contribution in [-0.2, 0) is 4.74 Å². The molecule has 0 fully saturated rings. The summed E-state index contributed by atoms with van der Waals surface area (Å²) >= 11 is 1.48. The van der Waals surface area contributed by atoms with Crippen molar-refractivity contribution in [2.45, 2.75) is 4.90 Å². The number of nitrogens with one attached hydrogen (secondary N) is 1. The van der Waals surface area contributed by atoms with Gasteiger partial charge < -0.3 is 9.72 Å². The van der Waals surface area contributed by atoms with E-state index in [0.717, 1.165) is 21.0 Å². The topological polar surface area (TPSA) is 67.9 Å². The van der Waals surface area contributed by atoms with E-state index in [4.69, 9.17) is 4.74 Å². The van der Waals surface area contributed by atoms with Crippen LogP contribution in [0.3, 0.4) is 0 Å². The fourth-order valence-electron chi connectivity index (χ4n) is 2.11. The Labute approximate surface area is 131 Å². The molecule has 0 saturated heterocycles. The molecule has 6 heteroatoms. The zero-order valence-electron chi connectivity index (χ0n) is 11.9. The summed E-state index contributed by atoms with van der Waals surface area (Å²) in [5, 5.41) is 0.878. The first-order valence-corrected chi connectivity index (χ1v) is 7.35. The van der Waals surface area contributed by atoms with Crippen molar-refractivity contribution < 1.29 is 9.53 Å². The lowest BCUT2D eigenvalue weighted by molar-refractivity contribution is 0.0603. The van der Waals surface area contributed by atoms with E-state index < -0.39 is 5.97 Å². The van der Waals surface area contributed by atoms with Crippen LogP contribution >= 0.6 is 11.8 Å². The maximum atomic E-state index is 11.8. The van der Waals surface area contributed by atoms with Gasteiger partial charge in [-0.2, -0.15) is 0 Å². The van der Waals surface area contributed by atoms with Gasteiger partial charge in [0, 0.05) is 33.8 Å². The third kappa shape index (κ3) is 2.60. The van der Waals surface area contributed by atoms with Gasteiger partial charge in [-0.05, 0) is 12.1 Å². The van der Waals surface area contributed by atoms with Crippen LogP contribution in [0.5, 0.6) is 0 Å². The average Bonchev–Trinajstić information content (AvgIpc) is 3.08. The van der Waals surface area contributed by atoms with Crippen LogP contribution < -0.4 is 0 Å². The molecule has 0 unspecified atom stereocenters. The highest BCUT2D eigenvalue weighted by molar-refractivity contribution is 8.08. The number of thioether (sulfide) groups is 1. The second kappa shape index (κ2) is 6.03. The molecule has 5 nitrogen and oxygen atoms in total. The monoisotopic (exact) mass is 311 g/mol. The van der Waals surface area contributed by atoms with Gasteiger partial charge in [0.2, 0.25) is 0 Å². The summed E-state index contributed by atoms with van der Waals surface area (Å²) in [6.07, 6.45) is 5.11. The highest BCUT2D eigenvalue weighted by Gasteiger charge is 2.14. The number of ether oxygens (including phenoxy) is 1. The maximum absolute atomic E-state index is 11.8. The van der Waals surface area contributed by atoms with E-state index in [1.165, 1.54) is 18.9 Å². The Morgan fingerprint density at radius 2 is 2.14 bits per heavy atom. The molecule has 0 bridgehead atoms. The number of carbonyl (C=O) groups is 1. The number of aromatic nitrogens is 3. The molecule has 22 heavy (non-hydrogen) atoms. The Bertz CT molecular complexity index is 844. The van der Waals surface area contributed by atoms with Gasteiger partial charge in [-0.25, -0.2) is 9.78 Å². The second-order valence-corrected chi connectivity index (χ2v) is 5.60. The summed E-state index contributed by atoms with van der Waals surface area (Å²) in [7, 11) is 1.36. The van der Waals surface area contributed by atoms with Gasteiger partial charge >= 0.3 is 5.97 Å². The molecular formula is C16H13N3O2S. The number of carbonyl (C=O) groups excluding carboxylic acids is 1. The first-order valence-electron chi connectivity index (χ1n) is 6.53. The van der Waals surface area contributed by atoms with Gasteiger partial charge in [0.25, 0.3) is 0 Å². The van der Waals surface area contributed by atoms with E-state index in [1.807, 2.05) is 18.2 Å². The normalized spacial score (nSPS) is 10.6. The number of benzene rings is 1. The van der Waals surface area contributed by atoms with Crippen molar-refractivity contribution in [3.8, 4) is 0 Å². The molecule has 3 aromatic rings. The molecule has 0 aliphatic carbocycles. The molecule has 1 N–H and O–H groups in total. The van der Waals surface area contributed by atoms with Crippen molar-refractivity contribution in [3.63, 3.8) is 0 Å². The molecule has 0 aliphatic heterocycles. The Morgan fingerprint density at radius 3 is 2.86 bits per heavy atom. The Hall–Kier alpha value is -2.60. The van der Waals surface area contributed by atoms with E-state index in [9.17, 15) is 4.79 Å². The fraction of sp³-hybridized carbons (Fsp3) is 0.0625. The maximum Gasteiger partial charge on any atom is 0.340 e. The highest BCUT2D eigenvalue weighted by atomic mass is 32.2. The fourth-order valence-corrected chi connectivity index (χ4v) is 2.99. The smallest absolute Gasteiger partial charge is 0.340 e. The lowest BCUT2D eigenvalue weighted by atomic mass is 10.1. The highest BCUT2D eigenvalue weighted by Crippen LogP contribution is 2.35. The standard InChI is InChI=1S/C16H13N3O2S/c1-10(15-18-8-9-19-15)22-13-6-7-17-14-11(13)4-3-5-12(14)16(20)21-2/h3-9H,1H2,2H3,(H,18,19). The minimum absolute atomic E-state index is 0.398. The SMILES string of the molecule is C=C(Sc1ccnc2c(C(=O)OC)cccc12)c1ncc[nH]1. The summed E-state index contributed by atoms with van der Waals surface area (Å²) in [5.74, 6) is 0.323. The van der Waals surface area contributed by atoms with Gasteiger partial charge in [-0.15, -0.1) is 0 Å². The first-order chi connectivity index (χ1) is 10.7. The van der Waals surface area contributed by atoms with Crippen LogP contribution in [0.4, 0.5) is 0 Å². The van der Waals surface area contributed by atoms with Crippen LogP contribution in [0, 0.1) is 0 Å². The van der Waals surface area contributed by atoms with Crippen LogP contribution in [0.25, 0.3) is 15.8 Å². The lowest BCUT2D eigenvalue weighted by Gasteiger charge is -2.09. The summed E-state index contributed by atoms with van der Waals surface area (Å²) in [6, 6.07) is 7.33. The zero-order valence-corrected chi connectivity index (χ0v) is 12.7. The molecule has 0 spiro atoms. The van der Waals surface area contributed by atoms with Crippen molar-refractivity contribution in [2.24, 2.45) is 0 Å². The van der Waals surface area contributed by atoms with Crippen molar-refractivity contribution in [1.82, 2.24) is 15.0 Å². The number of fused-ring (bicyclic) bond motifs is 1. The summed E-state index contributed by atoms with van der Waals surface area (Å²) in [5.41, 5.74) is 1.07. The number of hydrogen-bond donors (Lipinski definition) is 1. The van der Waals surface area contributed by atoms with E-state index in [2.05, 4.69) is 21.5 Å². The second-order valence-electron chi connectivity index (χ2n) is 4.47. The van der Waals surface area contributed by atoms with Gasteiger partial charge in [-0.3, -0.25) is 4.98 Å². The average molecular weight is 311 g/mol. The molecule has 110 valence electrons. The number of methoxy groups -OCH3 is 1.